The molecule has 0 spiro atoms. The molecule has 1 atom stereocenters. The Bertz CT molecular complexity index is 794. The zero-order valence-corrected chi connectivity index (χ0v) is 15.1. The second kappa shape index (κ2) is 7.55. The van der Waals surface area contributed by atoms with Gasteiger partial charge in [-0.05, 0) is 58.0 Å². The van der Waals surface area contributed by atoms with Gasteiger partial charge in [-0.1, -0.05) is 0 Å². The van der Waals surface area contributed by atoms with Crippen molar-refractivity contribution in [1.82, 2.24) is 15.1 Å². The molecule has 0 radical (unpaired) electrons. The van der Waals surface area contributed by atoms with Gasteiger partial charge in [0.1, 0.15) is 17.1 Å². The largest absolute Gasteiger partial charge is 0.477 e. The predicted octanol–water partition coefficient (Wildman–Crippen LogP) is 3.47. The number of nitrogens with one attached hydrogen (secondary N) is 1. The van der Waals surface area contributed by atoms with Crippen molar-refractivity contribution in [2.75, 3.05) is 6.54 Å². The van der Waals surface area contributed by atoms with Crippen LogP contribution < -0.4 is 5.32 Å². The molecule has 1 amide bonds. The summed E-state index contributed by atoms with van der Waals surface area (Å²) >= 11 is 0. The number of carboxylic acid groups (broad SMARTS) is 1. The Hall–Kier alpha value is -2.90. The first-order chi connectivity index (χ1) is 12.1. The van der Waals surface area contributed by atoms with E-state index in [1.54, 1.807) is 27.7 Å². The maximum Gasteiger partial charge on any atom is 0.407 e. The first-order valence-electron chi connectivity index (χ1n) is 8.12. The molecule has 1 aromatic carbocycles. The lowest BCUT2D eigenvalue weighted by atomic mass is 10.1. The van der Waals surface area contributed by atoms with Crippen molar-refractivity contribution < 1.29 is 23.8 Å². The van der Waals surface area contributed by atoms with Crippen LogP contribution in [-0.4, -0.2) is 39.1 Å². The number of hydrogen-bond donors (Lipinski definition) is 2. The Labute approximate surface area is 150 Å². The molecule has 0 bridgehead atoms. The Morgan fingerprint density at radius 2 is 1.92 bits per heavy atom. The lowest BCUT2D eigenvalue weighted by molar-refractivity contribution is 0.0520. The van der Waals surface area contributed by atoms with Crippen LogP contribution in [0.3, 0.4) is 0 Å². The van der Waals surface area contributed by atoms with Crippen molar-refractivity contribution in [3.05, 3.63) is 41.8 Å². The van der Waals surface area contributed by atoms with Gasteiger partial charge in [-0.15, -0.1) is 0 Å². The summed E-state index contributed by atoms with van der Waals surface area (Å²) in [6, 6.07) is 6.60. The fraction of sp³-hybridized carbons (Fsp3) is 0.389. The second-order valence-corrected chi connectivity index (χ2v) is 6.90. The summed E-state index contributed by atoms with van der Waals surface area (Å²) in [5.74, 6) is -1.53. The van der Waals surface area contributed by atoms with E-state index in [9.17, 15) is 19.1 Å². The first kappa shape index (κ1) is 19.4. The number of amides is 1. The fourth-order valence-electron chi connectivity index (χ4n) is 2.28. The van der Waals surface area contributed by atoms with Crippen LogP contribution >= 0.6 is 0 Å². The molecule has 1 aromatic heterocycles. The summed E-state index contributed by atoms with van der Waals surface area (Å²) in [7, 11) is 0. The van der Waals surface area contributed by atoms with Crippen LogP contribution in [0.5, 0.6) is 0 Å². The zero-order valence-electron chi connectivity index (χ0n) is 15.1. The maximum absolute atomic E-state index is 13.1. The molecule has 1 unspecified atom stereocenters. The lowest BCUT2D eigenvalue weighted by Gasteiger charge is -2.21. The number of carboxylic acids is 1. The SMILES string of the molecule is CC(CNC(=O)OC(C)(C)C)n1nc(-c2ccc(F)cc2)cc1C(=O)O. The molecule has 1 heterocycles. The van der Waals surface area contributed by atoms with Gasteiger partial charge in [-0.2, -0.15) is 5.10 Å². The highest BCUT2D eigenvalue weighted by Gasteiger charge is 2.21. The van der Waals surface area contributed by atoms with Gasteiger partial charge in [0.2, 0.25) is 0 Å². The van der Waals surface area contributed by atoms with Gasteiger partial charge in [0.05, 0.1) is 11.7 Å². The van der Waals surface area contributed by atoms with Crippen molar-refractivity contribution in [3.8, 4) is 11.3 Å². The van der Waals surface area contributed by atoms with E-state index < -0.39 is 23.7 Å². The van der Waals surface area contributed by atoms with Crippen LogP contribution in [-0.2, 0) is 4.74 Å². The fourth-order valence-corrected chi connectivity index (χ4v) is 2.28. The van der Waals surface area contributed by atoms with Crippen LogP contribution in [0.2, 0.25) is 0 Å². The number of aromatic carboxylic acids is 1. The molecule has 0 saturated carbocycles. The Morgan fingerprint density at radius 1 is 1.31 bits per heavy atom. The van der Waals surface area contributed by atoms with Crippen molar-refractivity contribution in [1.29, 1.82) is 0 Å². The van der Waals surface area contributed by atoms with E-state index in [1.807, 2.05) is 0 Å². The van der Waals surface area contributed by atoms with Crippen LogP contribution in [0.15, 0.2) is 30.3 Å². The van der Waals surface area contributed by atoms with Gasteiger partial charge in [-0.25, -0.2) is 14.0 Å². The summed E-state index contributed by atoms with van der Waals surface area (Å²) in [4.78, 5) is 23.3. The minimum atomic E-state index is -1.14. The van der Waals surface area contributed by atoms with Crippen molar-refractivity contribution >= 4 is 12.1 Å². The number of carbonyl (C=O) groups excluding carboxylic acids is 1. The molecule has 7 nitrogen and oxygen atoms in total. The van der Waals surface area contributed by atoms with E-state index in [1.165, 1.54) is 35.0 Å². The normalized spacial score (nSPS) is 12.5. The number of rotatable bonds is 5. The van der Waals surface area contributed by atoms with Crippen molar-refractivity contribution in [2.24, 2.45) is 0 Å². The van der Waals surface area contributed by atoms with Gasteiger partial charge in [0.25, 0.3) is 0 Å². The van der Waals surface area contributed by atoms with E-state index in [-0.39, 0.29) is 18.1 Å². The molecule has 0 aliphatic carbocycles. The second-order valence-electron chi connectivity index (χ2n) is 6.90. The maximum atomic E-state index is 13.1. The summed E-state index contributed by atoms with van der Waals surface area (Å²) in [6.07, 6.45) is -0.591. The van der Waals surface area contributed by atoms with Gasteiger partial charge >= 0.3 is 12.1 Å². The minimum Gasteiger partial charge on any atom is -0.477 e. The molecule has 140 valence electrons. The highest BCUT2D eigenvalue weighted by Crippen LogP contribution is 2.22. The molecule has 0 aliphatic rings. The van der Waals surface area contributed by atoms with Crippen LogP contribution in [0, 0.1) is 5.82 Å². The number of halogens is 1. The molecule has 2 aromatic rings. The van der Waals surface area contributed by atoms with Gasteiger partial charge < -0.3 is 15.2 Å². The minimum absolute atomic E-state index is 0.0252. The molecule has 0 aliphatic heterocycles. The average molecular weight is 363 g/mol. The quantitative estimate of drug-likeness (QED) is 0.848. The third-order valence-corrected chi connectivity index (χ3v) is 3.45. The number of hydrogen-bond acceptors (Lipinski definition) is 4. The lowest BCUT2D eigenvalue weighted by Crippen LogP contribution is -2.36. The van der Waals surface area contributed by atoms with E-state index in [0.717, 1.165) is 0 Å². The van der Waals surface area contributed by atoms with Gasteiger partial charge in [-0.3, -0.25) is 4.68 Å². The third kappa shape index (κ3) is 5.05. The number of ether oxygens (including phenoxy) is 1. The average Bonchev–Trinajstić information content (AvgIpc) is 2.97. The Kier molecular flexibility index (Phi) is 5.64. The summed E-state index contributed by atoms with van der Waals surface area (Å²) in [6.45, 7) is 7.12. The Balaban J connectivity index is 2.18. The highest BCUT2D eigenvalue weighted by molar-refractivity contribution is 5.87. The van der Waals surface area contributed by atoms with Crippen molar-refractivity contribution in [2.45, 2.75) is 39.3 Å². The molecule has 8 heteroatoms. The molecule has 26 heavy (non-hydrogen) atoms. The van der Waals surface area contributed by atoms with Crippen LogP contribution in [0.25, 0.3) is 11.3 Å². The molecular formula is C18H22FN3O4. The summed E-state index contributed by atoms with van der Waals surface area (Å²) < 4.78 is 19.5. The topological polar surface area (TPSA) is 93.5 Å². The molecule has 0 fully saturated rings. The number of aromatic nitrogens is 2. The predicted molar refractivity (Wildman–Crippen MR) is 93.5 cm³/mol. The standard InChI is InChI=1S/C18H22FN3O4/c1-11(10-20-17(25)26-18(2,3)4)22-15(16(23)24)9-14(21-22)12-5-7-13(19)8-6-12/h5-9,11H,10H2,1-4H3,(H,20,25)(H,23,24). The summed E-state index contributed by atoms with van der Waals surface area (Å²) in [5.41, 5.74) is 0.357. The molecular weight excluding hydrogens is 341 g/mol. The summed E-state index contributed by atoms with van der Waals surface area (Å²) in [5, 5.41) is 16.3. The number of alkyl carbamates (subject to hydrolysis) is 1. The number of benzene rings is 1. The Morgan fingerprint density at radius 3 is 2.46 bits per heavy atom. The third-order valence-electron chi connectivity index (χ3n) is 3.45. The van der Waals surface area contributed by atoms with Crippen LogP contribution in [0.1, 0.15) is 44.2 Å². The number of carbonyl (C=O) groups is 2. The molecule has 0 saturated heterocycles. The van der Waals surface area contributed by atoms with E-state index in [4.69, 9.17) is 4.74 Å². The van der Waals surface area contributed by atoms with E-state index >= 15 is 0 Å². The highest BCUT2D eigenvalue weighted by atomic mass is 19.1. The molecule has 2 N–H and O–H groups in total. The van der Waals surface area contributed by atoms with Gasteiger partial charge in [0.15, 0.2) is 0 Å². The smallest absolute Gasteiger partial charge is 0.407 e. The monoisotopic (exact) mass is 363 g/mol. The van der Waals surface area contributed by atoms with Crippen molar-refractivity contribution in [3.63, 3.8) is 0 Å². The van der Waals surface area contributed by atoms with E-state index in [0.29, 0.717) is 11.3 Å². The first-order valence-corrected chi connectivity index (χ1v) is 8.12. The molecule has 2 rings (SSSR count). The number of nitrogens with zero attached hydrogens (tertiary/aromatic N) is 2. The zero-order chi connectivity index (χ0) is 19.5. The van der Waals surface area contributed by atoms with E-state index in [2.05, 4.69) is 10.4 Å². The van der Waals surface area contributed by atoms with Crippen LogP contribution in [0.4, 0.5) is 9.18 Å². The van der Waals surface area contributed by atoms with Gasteiger partial charge in [0, 0.05) is 12.1 Å².